The number of carboxylic acids is 1. The van der Waals surface area contributed by atoms with Gasteiger partial charge in [0.25, 0.3) is 0 Å². The lowest BCUT2D eigenvalue weighted by molar-refractivity contribution is -0.137. The van der Waals surface area contributed by atoms with Gasteiger partial charge in [0, 0.05) is 12.5 Å². The molecule has 0 aliphatic heterocycles. The largest absolute Gasteiger partial charge is 0.508 e. The molecule has 0 aliphatic carbocycles. The first kappa shape index (κ1) is 12.4. The number of carbonyl (C=O) groups is 1. The maximum atomic E-state index is 10.3. The third-order valence-corrected chi connectivity index (χ3v) is 2.57. The van der Waals surface area contributed by atoms with E-state index in [1.807, 2.05) is 6.92 Å². The van der Waals surface area contributed by atoms with Gasteiger partial charge < -0.3 is 15.3 Å². The van der Waals surface area contributed by atoms with Crippen molar-refractivity contribution < 1.29 is 20.1 Å². The van der Waals surface area contributed by atoms with Crippen molar-refractivity contribution in [3.05, 3.63) is 23.8 Å². The van der Waals surface area contributed by atoms with Gasteiger partial charge in [-0.15, -0.1) is 0 Å². The minimum absolute atomic E-state index is 0.0268. The van der Waals surface area contributed by atoms with Gasteiger partial charge in [-0.3, -0.25) is 4.79 Å². The predicted molar refractivity (Wildman–Crippen MR) is 59.7 cm³/mol. The van der Waals surface area contributed by atoms with E-state index in [2.05, 4.69) is 0 Å². The number of aliphatic carboxylic acids is 1. The van der Waals surface area contributed by atoms with E-state index in [1.165, 1.54) is 12.1 Å². The molecule has 1 atom stereocenters. The van der Waals surface area contributed by atoms with E-state index >= 15 is 0 Å². The number of aromatic hydroxyl groups is 2. The molecule has 3 N–H and O–H groups in total. The fourth-order valence-electron chi connectivity index (χ4n) is 1.66. The number of hydrogen-bond donors (Lipinski definition) is 3. The van der Waals surface area contributed by atoms with Crippen molar-refractivity contribution in [1.82, 2.24) is 0 Å². The van der Waals surface area contributed by atoms with E-state index in [0.29, 0.717) is 12.8 Å². The molecule has 16 heavy (non-hydrogen) atoms. The second-order valence-electron chi connectivity index (χ2n) is 3.93. The lowest BCUT2D eigenvalue weighted by Crippen LogP contribution is -1.98. The van der Waals surface area contributed by atoms with E-state index in [-0.39, 0.29) is 23.8 Å². The summed E-state index contributed by atoms with van der Waals surface area (Å²) in [6, 6.07) is 4.47. The van der Waals surface area contributed by atoms with Crippen LogP contribution in [0, 0.1) is 0 Å². The van der Waals surface area contributed by atoms with E-state index in [1.54, 1.807) is 6.07 Å². The van der Waals surface area contributed by atoms with Crippen LogP contribution >= 0.6 is 0 Å². The molecule has 0 bridgehead atoms. The number of phenols is 2. The third kappa shape index (κ3) is 3.46. The fourth-order valence-corrected chi connectivity index (χ4v) is 1.66. The minimum Gasteiger partial charge on any atom is -0.508 e. The molecule has 0 saturated carbocycles. The Balaban J connectivity index is 2.58. The monoisotopic (exact) mass is 224 g/mol. The van der Waals surface area contributed by atoms with Crippen molar-refractivity contribution in [1.29, 1.82) is 0 Å². The SMILES string of the molecule is CC(CCCC(=O)O)c1ccc(O)cc1O. The molecule has 4 heteroatoms. The van der Waals surface area contributed by atoms with Gasteiger partial charge in [0.05, 0.1) is 0 Å². The molecule has 4 nitrogen and oxygen atoms in total. The zero-order valence-corrected chi connectivity index (χ0v) is 9.18. The first-order valence-corrected chi connectivity index (χ1v) is 5.24. The van der Waals surface area contributed by atoms with Gasteiger partial charge in [-0.05, 0) is 30.4 Å². The first-order chi connectivity index (χ1) is 7.50. The second-order valence-corrected chi connectivity index (χ2v) is 3.93. The molecule has 0 aromatic heterocycles. The van der Waals surface area contributed by atoms with Gasteiger partial charge in [-0.25, -0.2) is 0 Å². The summed E-state index contributed by atoms with van der Waals surface area (Å²) in [4.78, 5) is 10.3. The molecule has 0 aliphatic rings. The van der Waals surface area contributed by atoms with Crippen LogP contribution in [0.2, 0.25) is 0 Å². The highest BCUT2D eigenvalue weighted by molar-refractivity contribution is 5.66. The summed E-state index contributed by atoms with van der Waals surface area (Å²) in [6.07, 6.45) is 1.42. The Labute approximate surface area is 94.2 Å². The molecule has 1 aromatic carbocycles. The Morgan fingerprint density at radius 1 is 1.38 bits per heavy atom. The molecule has 88 valence electrons. The average Bonchev–Trinajstić information content (AvgIpc) is 2.16. The van der Waals surface area contributed by atoms with Crippen LogP contribution in [0.1, 0.15) is 37.7 Å². The van der Waals surface area contributed by atoms with Gasteiger partial charge in [0.15, 0.2) is 0 Å². The standard InChI is InChI=1S/C12H16O4/c1-8(3-2-4-12(15)16)10-6-5-9(13)7-11(10)14/h5-8,13-14H,2-4H2,1H3,(H,15,16). The van der Waals surface area contributed by atoms with Crippen molar-refractivity contribution >= 4 is 5.97 Å². The highest BCUT2D eigenvalue weighted by Crippen LogP contribution is 2.31. The molecule has 0 spiro atoms. The van der Waals surface area contributed by atoms with Gasteiger partial charge in [-0.1, -0.05) is 13.0 Å². The number of carboxylic acid groups (broad SMARTS) is 1. The minimum atomic E-state index is -0.804. The first-order valence-electron chi connectivity index (χ1n) is 5.24. The molecule has 0 heterocycles. The molecule has 1 rings (SSSR count). The lowest BCUT2D eigenvalue weighted by Gasteiger charge is -2.12. The zero-order chi connectivity index (χ0) is 12.1. The highest BCUT2D eigenvalue weighted by atomic mass is 16.4. The fraction of sp³-hybridized carbons (Fsp3) is 0.417. The molecular formula is C12H16O4. The Kier molecular flexibility index (Phi) is 4.17. The molecule has 1 aromatic rings. The molecule has 0 saturated heterocycles. The van der Waals surface area contributed by atoms with Crippen LogP contribution in [0.3, 0.4) is 0 Å². The van der Waals surface area contributed by atoms with Gasteiger partial charge in [-0.2, -0.15) is 0 Å². The Hall–Kier alpha value is -1.71. The summed E-state index contributed by atoms with van der Waals surface area (Å²) in [5.74, 6) is -0.635. The van der Waals surface area contributed by atoms with Crippen LogP contribution in [-0.2, 0) is 4.79 Å². The van der Waals surface area contributed by atoms with Crippen molar-refractivity contribution in [3.8, 4) is 11.5 Å². The quantitative estimate of drug-likeness (QED) is 0.717. The van der Waals surface area contributed by atoms with Gasteiger partial charge >= 0.3 is 5.97 Å². The molecule has 1 unspecified atom stereocenters. The predicted octanol–water partition coefficient (Wildman–Crippen LogP) is 2.46. The zero-order valence-electron chi connectivity index (χ0n) is 9.18. The topological polar surface area (TPSA) is 77.8 Å². The molecular weight excluding hydrogens is 208 g/mol. The van der Waals surface area contributed by atoms with E-state index in [4.69, 9.17) is 10.2 Å². The van der Waals surface area contributed by atoms with Crippen molar-refractivity contribution in [2.24, 2.45) is 0 Å². The summed E-state index contributed by atoms with van der Waals surface area (Å²) in [5.41, 5.74) is 0.739. The maximum absolute atomic E-state index is 10.3. The highest BCUT2D eigenvalue weighted by Gasteiger charge is 2.11. The van der Waals surface area contributed by atoms with Crippen LogP contribution < -0.4 is 0 Å². The lowest BCUT2D eigenvalue weighted by atomic mass is 9.94. The summed E-state index contributed by atoms with van der Waals surface area (Å²) >= 11 is 0. The summed E-state index contributed by atoms with van der Waals surface area (Å²) in [6.45, 7) is 1.92. The number of benzene rings is 1. The smallest absolute Gasteiger partial charge is 0.303 e. The van der Waals surface area contributed by atoms with Crippen molar-refractivity contribution in [2.75, 3.05) is 0 Å². The second kappa shape index (κ2) is 5.39. The number of rotatable bonds is 5. The molecule has 0 radical (unpaired) electrons. The Bertz CT molecular complexity index is 373. The average molecular weight is 224 g/mol. The Morgan fingerprint density at radius 2 is 2.06 bits per heavy atom. The van der Waals surface area contributed by atoms with Crippen molar-refractivity contribution in [3.63, 3.8) is 0 Å². The van der Waals surface area contributed by atoms with Gasteiger partial charge in [0.1, 0.15) is 11.5 Å². The van der Waals surface area contributed by atoms with E-state index < -0.39 is 5.97 Å². The van der Waals surface area contributed by atoms with Crippen molar-refractivity contribution in [2.45, 2.75) is 32.1 Å². The van der Waals surface area contributed by atoms with Crippen LogP contribution in [0.4, 0.5) is 0 Å². The Morgan fingerprint density at radius 3 is 2.62 bits per heavy atom. The van der Waals surface area contributed by atoms with Gasteiger partial charge in [0.2, 0.25) is 0 Å². The van der Waals surface area contributed by atoms with Crippen LogP contribution in [0.25, 0.3) is 0 Å². The van der Waals surface area contributed by atoms with Crippen LogP contribution in [0.15, 0.2) is 18.2 Å². The third-order valence-electron chi connectivity index (χ3n) is 2.57. The maximum Gasteiger partial charge on any atom is 0.303 e. The summed E-state index contributed by atoms with van der Waals surface area (Å²) in [7, 11) is 0. The summed E-state index contributed by atoms with van der Waals surface area (Å²) in [5, 5.41) is 27.2. The molecule has 0 amide bonds. The van der Waals surface area contributed by atoms with Crippen LogP contribution in [0.5, 0.6) is 11.5 Å². The molecule has 0 fully saturated rings. The number of phenolic OH excluding ortho intramolecular Hbond substituents is 2. The summed E-state index contributed by atoms with van der Waals surface area (Å²) < 4.78 is 0. The van der Waals surface area contributed by atoms with Crippen LogP contribution in [-0.4, -0.2) is 21.3 Å². The van der Waals surface area contributed by atoms with E-state index in [9.17, 15) is 9.90 Å². The number of hydrogen-bond acceptors (Lipinski definition) is 3. The van der Waals surface area contributed by atoms with E-state index in [0.717, 1.165) is 5.56 Å². The normalized spacial score (nSPS) is 12.3.